The third-order valence-corrected chi connectivity index (χ3v) is 5.04. The van der Waals surface area contributed by atoms with E-state index >= 15 is 0 Å². The summed E-state index contributed by atoms with van der Waals surface area (Å²) in [4.78, 5) is 32.6. The van der Waals surface area contributed by atoms with Crippen LogP contribution in [0.25, 0.3) is 0 Å². The number of nitrogens with zero attached hydrogens (tertiary/aromatic N) is 3. The molecule has 0 aromatic carbocycles. The zero-order valence-electron chi connectivity index (χ0n) is 12.0. The fourth-order valence-corrected chi connectivity index (χ4v) is 3.95. The summed E-state index contributed by atoms with van der Waals surface area (Å²) in [7, 11) is 0. The molecule has 2 amide bonds. The van der Waals surface area contributed by atoms with E-state index in [1.807, 2.05) is 4.90 Å². The van der Waals surface area contributed by atoms with E-state index in [-0.39, 0.29) is 17.9 Å². The molecule has 4 heterocycles. The first-order valence-corrected chi connectivity index (χ1v) is 7.86. The fraction of sp³-hybridized carbons (Fsp3) is 0.533. The maximum absolute atomic E-state index is 12.7. The maximum Gasteiger partial charge on any atom is 0.272 e. The van der Waals surface area contributed by atoms with Gasteiger partial charge in [0.25, 0.3) is 5.91 Å². The molecule has 3 aliphatic heterocycles. The molecule has 116 valence electrons. The summed E-state index contributed by atoms with van der Waals surface area (Å²) in [6, 6.07) is 3.05. The fourth-order valence-electron chi connectivity index (χ4n) is 3.84. The Kier molecular flexibility index (Phi) is 3.13. The van der Waals surface area contributed by atoms with Gasteiger partial charge in [0, 0.05) is 25.7 Å². The molecule has 0 radical (unpaired) electrons. The standard InChI is InChI=1S/C15H16ClN3O3/c16-10-2-3-11(17-9-10)14(21)18-6-4-15-12(18)8-13(20)19(15)5-1-7-22-15/h2-3,9,12H,1,4-8H2/t12-,15+/m1/s1. The van der Waals surface area contributed by atoms with Gasteiger partial charge in [0.05, 0.1) is 24.1 Å². The second kappa shape index (κ2) is 4.93. The largest absolute Gasteiger partial charge is 0.353 e. The van der Waals surface area contributed by atoms with Gasteiger partial charge in [-0.1, -0.05) is 11.6 Å². The van der Waals surface area contributed by atoms with Gasteiger partial charge in [-0.05, 0) is 18.6 Å². The van der Waals surface area contributed by atoms with Crippen molar-refractivity contribution in [3.8, 4) is 0 Å². The molecule has 3 fully saturated rings. The van der Waals surface area contributed by atoms with E-state index in [1.54, 1.807) is 17.0 Å². The number of amides is 2. The van der Waals surface area contributed by atoms with E-state index in [1.165, 1.54) is 6.20 Å². The van der Waals surface area contributed by atoms with Gasteiger partial charge in [-0.15, -0.1) is 0 Å². The Hall–Kier alpha value is -1.66. The second-order valence-electron chi connectivity index (χ2n) is 5.92. The lowest BCUT2D eigenvalue weighted by atomic mass is 10.0. The molecule has 6 nitrogen and oxygen atoms in total. The summed E-state index contributed by atoms with van der Waals surface area (Å²) in [5.74, 6) is -0.0892. The van der Waals surface area contributed by atoms with Crippen molar-refractivity contribution in [2.45, 2.75) is 31.0 Å². The highest BCUT2D eigenvalue weighted by atomic mass is 35.5. The van der Waals surface area contributed by atoms with Crippen molar-refractivity contribution in [3.63, 3.8) is 0 Å². The monoisotopic (exact) mass is 321 g/mol. The molecule has 0 aliphatic carbocycles. The minimum atomic E-state index is -0.614. The number of carbonyl (C=O) groups is 2. The highest BCUT2D eigenvalue weighted by molar-refractivity contribution is 6.30. The molecule has 0 saturated carbocycles. The van der Waals surface area contributed by atoms with E-state index in [0.717, 1.165) is 13.0 Å². The zero-order valence-corrected chi connectivity index (χ0v) is 12.8. The molecular weight excluding hydrogens is 306 g/mol. The van der Waals surface area contributed by atoms with Crippen molar-refractivity contribution in [2.24, 2.45) is 0 Å². The first-order valence-electron chi connectivity index (χ1n) is 7.49. The van der Waals surface area contributed by atoms with E-state index in [0.29, 0.717) is 36.7 Å². The Bertz CT molecular complexity index is 635. The number of halogens is 1. The summed E-state index contributed by atoms with van der Waals surface area (Å²) < 4.78 is 5.99. The number of carbonyl (C=O) groups excluding carboxylic acids is 2. The number of hydrogen-bond donors (Lipinski definition) is 0. The molecule has 22 heavy (non-hydrogen) atoms. The molecule has 2 atom stereocenters. The highest BCUT2D eigenvalue weighted by Gasteiger charge is 2.61. The van der Waals surface area contributed by atoms with E-state index < -0.39 is 5.72 Å². The Morgan fingerprint density at radius 2 is 2.27 bits per heavy atom. The second-order valence-corrected chi connectivity index (χ2v) is 6.36. The minimum absolute atomic E-state index is 0.0752. The van der Waals surface area contributed by atoms with E-state index in [9.17, 15) is 9.59 Å². The maximum atomic E-state index is 12.7. The van der Waals surface area contributed by atoms with Crippen LogP contribution in [0.4, 0.5) is 0 Å². The van der Waals surface area contributed by atoms with Gasteiger partial charge < -0.3 is 14.5 Å². The van der Waals surface area contributed by atoms with Crippen LogP contribution in [0, 0.1) is 0 Å². The number of hydrogen-bond acceptors (Lipinski definition) is 4. The normalized spacial score (nSPS) is 30.4. The molecule has 0 unspecified atom stereocenters. The van der Waals surface area contributed by atoms with Crippen LogP contribution in [0.1, 0.15) is 29.8 Å². The summed E-state index contributed by atoms with van der Waals surface area (Å²) >= 11 is 5.82. The first kappa shape index (κ1) is 14.0. The number of likely N-dealkylation sites (tertiary alicyclic amines) is 1. The average molecular weight is 322 g/mol. The van der Waals surface area contributed by atoms with Gasteiger partial charge in [0.2, 0.25) is 5.91 Å². The molecule has 3 aliphatic rings. The van der Waals surface area contributed by atoms with Crippen molar-refractivity contribution in [2.75, 3.05) is 19.7 Å². The molecule has 0 bridgehead atoms. The van der Waals surface area contributed by atoms with Crippen molar-refractivity contribution < 1.29 is 14.3 Å². The number of pyridine rings is 1. The summed E-state index contributed by atoms with van der Waals surface area (Å²) in [6.07, 6.45) is 3.32. The van der Waals surface area contributed by atoms with Crippen molar-refractivity contribution in [3.05, 3.63) is 29.0 Å². The Balaban J connectivity index is 1.63. The molecule has 0 N–H and O–H groups in total. The smallest absolute Gasteiger partial charge is 0.272 e. The van der Waals surface area contributed by atoms with Crippen LogP contribution in [-0.2, 0) is 9.53 Å². The van der Waals surface area contributed by atoms with Gasteiger partial charge in [0.15, 0.2) is 5.72 Å². The first-order chi connectivity index (χ1) is 10.6. The van der Waals surface area contributed by atoms with E-state index in [4.69, 9.17) is 16.3 Å². The summed E-state index contributed by atoms with van der Waals surface area (Å²) in [6.45, 7) is 1.94. The van der Waals surface area contributed by atoms with Crippen molar-refractivity contribution >= 4 is 23.4 Å². The summed E-state index contributed by atoms with van der Waals surface area (Å²) in [5.41, 5.74) is -0.264. The Labute approximate surface area is 133 Å². The highest BCUT2D eigenvalue weighted by Crippen LogP contribution is 2.45. The lowest BCUT2D eigenvalue weighted by molar-refractivity contribution is -0.179. The molecule has 7 heteroatoms. The van der Waals surface area contributed by atoms with Gasteiger partial charge in [-0.3, -0.25) is 9.59 Å². The van der Waals surface area contributed by atoms with Crippen molar-refractivity contribution in [1.82, 2.24) is 14.8 Å². The lowest BCUT2D eigenvalue weighted by Gasteiger charge is -2.42. The zero-order chi connectivity index (χ0) is 15.3. The molecule has 4 rings (SSSR count). The number of rotatable bonds is 1. The van der Waals surface area contributed by atoms with Crippen LogP contribution in [0.15, 0.2) is 18.3 Å². The van der Waals surface area contributed by atoms with Crippen LogP contribution < -0.4 is 0 Å². The van der Waals surface area contributed by atoms with Gasteiger partial charge in [-0.25, -0.2) is 4.98 Å². The van der Waals surface area contributed by atoms with Crippen LogP contribution in [0.2, 0.25) is 5.02 Å². The minimum Gasteiger partial charge on any atom is -0.353 e. The molecule has 1 spiro atoms. The van der Waals surface area contributed by atoms with E-state index in [2.05, 4.69) is 4.98 Å². The van der Waals surface area contributed by atoms with Crippen LogP contribution in [0.3, 0.4) is 0 Å². The predicted octanol–water partition coefficient (Wildman–Crippen LogP) is 1.30. The Morgan fingerprint density at radius 3 is 3.05 bits per heavy atom. The van der Waals surface area contributed by atoms with Crippen LogP contribution in [0.5, 0.6) is 0 Å². The molecule has 3 saturated heterocycles. The predicted molar refractivity (Wildman–Crippen MR) is 78.3 cm³/mol. The third kappa shape index (κ3) is 1.87. The lowest BCUT2D eigenvalue weighted by Crippen LogP contribution is -2.56. The molecular formula is C15H16ClN3O3. The number of ether oxygens (including phenoxy) is 1. The molecule has 1 aromatic rings. The topological polar surface area (TPSA) is 62.7 Å². The molecule has 1 aromatic heterocycles. The Morgan fingerprint density at radius 1 is 1.41 bits per heavy atom. The quantitative estimate of drug-likeness (QED) is 0.782. The van der Waals surface area contributed by atoms with Crippen LogP contribution in [-0.4, -0.2) is 58.1 Å². The SMILES string of the molecule is O=C(c1ccc(Cl)cn1)N1CC[C@@]23OCCCN2C(=O)C[C@@H]13. The van der Waals surface area contributed by atoms with Crippen LogP contribution >= 0.6 is 11.6 Å². The van der Waals surface area contributed by atoms with Gasteiger partial charge >= 0.3 is 0 Å². The average Bonchev–Trinajstić information content (AvgIpc) is 3.00. The van der Waals surface area contributed by atoms with Gasteiger partial charge in [0.1, 0.15) is 5.69 Å². The third-order valence-electron chi connectivity index (χ3n) is 4.82. The summed E-state index contributed by atoms with van der Waals surface area (Å²) in [5, 5.41) is 0.493. The van der Waals surface area contributed by atoms with Gasteiger partial charge in [-0.2, -0.15) is 0 Å². The number of aromatic nitrogens is 1. The van der Waals surface area contributed by atoms with Crippen molar-refractivity contribution in [1.29, 1.82) is 0 Å².